The molecular formula is C26H24N4O4. The Morgan fingerprint density at radius 1 is 1.00 bits per heavy atom. The maximum absolute atomic E-state index is 13.4. The van der Waals surface area contributed by atoms with Crippen LogP contribution in [0.25, 0.3) is 10.8 Å². The van der Waals surface area contributed by atoms with E-state index in [1.807, 2.05) is 42.5 Å². The lowest BCUT2D eigenvalue weighted by Crippen LogP contribution is -2.47. The van der Waals surface area contributed by atoms with Crippen LogP contribution in [0.4, 0.5) is 16.2 Å². The molecule has 5 rings (SSSR count). The molecule has 1 fully saturated rings. The number of imide groups is 1. The van der Waals surface area contributed by atoms with E-state index in [4.69, 9.17) is 0 Å². The number of urea groups is 1. The summed E-state index contributed by atoms with van der Waals surface area (Å²) in [6.45, 7) is 2.99. The van der Waals surface area contributed by atoms with E-state index >= 15 is 0 Å². The van der Waals surface area contributed by atoms with Crippen molar-refractivity contribution >= 4 is 45.9 Å². The third kappa shape index (κ3) is 3.48. The van der Waals surface area contributed by atoms with Crippen LogP contribution in [-0.4, -0.2) is 41.2 Å². The smallest absolute Gasteiger partial charge is 0.324 e. The fraction of sp³-hybridized carbons (Fsp3) is 0.231. The topological polar surface area (TPSA) is 98.8 Å². The Morgan fingerprint density at radius 3 is 2.50 bits per heavy atom. The average molecular weight is 457 g/mol. The van der Waals surface area contributed by atoms with Gasteiger partial charge >= 0.3 is 6.03 Å². The summed E-state index contributed by atoms with van der Waals surface area (Å²) >= 11 is 0. The van der Waals surface area contributed by atoms with Gasteiger partial charge < -0.3 is 15.5 Å². The number of amides is 5. The fourth-order valence-electron chi connectivity index (χ4n) is 4.72. The third-order valence-electron chi connectivity index (χ3n) is 6.52. The second kappa shape index (κ2) is 7.98. The highest BCUT2D eigenvalue weighted by Crippen LogP contribution is 2.33. The Balaban J connectivity index is 1.43. The zero-order chi connectivity index (χ0) is 24.0. The Kier molecular flexibility index (Phi) is 5.08. The maximum atomic E-state index is 13.4. The van der Waals surface area contributed by atoms with E-state index in [1.54, 1.807) is 38.1 Å². The lowest BCUT2D eigenvalue weighted by molar-refractivity contribution is -0.134. The van der Waals surface area contributed by atoms with Crippen LogP contribution in [0.5, 0.6) is 0 Å². The number of nitrogens with one attached hydrogen (secondary N) is 2. The summed E-state index contributed by atoms with van der Waals surface area (Å²) in [4.78, 5) is 54.4. The van der Waals surface area contributed by atoms with Crippen molar-refractivity contribution in [1.82, 2.24) is 10.2 Å². The van der Waals surface area contributed by atoms with Gasteiger partial charge in [-0.25, -0.2) is 4.79 Å². The number of benzene rings is 3. The zero-order valence-electron chi connectivity index (χ0n) is 18.9. The van der Waals surface area contributed by atoms with Gasteiger partial charge in [0, 0.05) is 12.5 Å². The van der Waals surface area contributed by atoms with Gasteiger partial charge in [0.15, 0.2) is 0 Å². The Morgan fingerprint density at radius 2 is 1.71 bits per heavy atom. The molecule has 0 aromatic heterocycles. The highest BCUT2D eigenvalue weighted by molar-refractivity contribution is 6.12. The van der Waals surface area contributed by atoms with Gasteiger partial charge in [-0.05, 0) is 48.4 Å². The second-order valence-corrected chi connectivity index (χ2v) is 8.89. The Hall–Kier alpha value is -4.20. The van der Waals surface area contributed by atoms with Crippen LogP contribution < -0.4 is 15.5 Å². The van der Waals surface area contributed by atoms with E-state index in [0.29, 0.717) is 16.9 Å². The van der Waals surface area contributed by atoms with Gasteiger partial charge in [0.2, 0.25) is 11.8 Å². The van der Waals surface area contributed by atoms with Crippen molar-refractivity contribution < 1.29 is 19.2 Å². The number of carbonyl (C=O) groups is 4. The summed E-state index contributed by atoms with van der Waals surface area (Å²) in [6.07, 6.45) is 0.107. The number of nitrogens with zero attached hydrogens (tertiary/aromatic N) is 2. The molecule has 2 aliphatic heterocycles. The van der Waals surface area contributed by atoms with Crippen LogP contribution in [-0.2, 0) is 19.9 Å². The first kappa shape index (κ1) is 21.6. The quantitative estimate of drug-likeness (QED) is 0.591. The number of hydrogen-bond acceptors (Lipinski definition) is 4. The van der Waals surface area contributed by atoms with Crippen molar-refractivity contribution in [3.8, 4) is 0 Å². The van der Waals surface area contributed by atoms with Crippen LogP contribution in [0.15, 0.2) is 66.7 Å². The van der Waals surface area contributed by atoms with Crippen molar-refractivity contribution in [3.63, 3.8) is 0 Å². The largest absolute Gasteiger partial charge is 0.325 e. The van der Waals surface area contributed by atoms with Crippen molar-refractivity contribution in [2.75, 3.05) is 16.8 Å². The summed E-state index contributed by atoms with van der Waals surface area (Å²) in [6, 6.07) is 19.3. The minimum absolute atomic E-state index is 0.107. The maximum Gasteiger partial charge on any atom is 0.325 e. The number of rotatable bonds is 3. The summed E-state index contributed by atoms with van der Waals surface area (Å²) in [5.74, 6) is -1.14. The molecule has 3 aromatic rings. The first-order valence-corrected chi connectivity index (χ1v) is 11.1. The molecule has 2 heterocycles. The predicted molar refractivity (Wildman–Crippen MR) is 128 cm³/mol. The number of hydrogen-bond donors (Lipinski definition) is 2. The molecule has 8 nitrogen and oxygen atoms in total. The number of fused-ring (bicyclic) bond motifs is 2. The molecule has 172 valence electrons. The first-order chi connectivity index (χ1) is 16.3. The SMILES string of the molecule is CC1CC(=O)Nc2ccccc2N1C(=O)CN1C(=O)NC(C)(c2ccc3ccccc3c2)C1=O. The van der Waals surface area contributed by atoms with Gasteiger partial charge in [-0.2, -0.15) is 0 Å². The van der Waals surface area contributed by atoms with Crippen molar-refractivity contribution in [2.45, 2.75) is 31.8 Å². The van der Waals surface area contributed by atoms with Crippen LogP contribution in [0, 0.1) is 0 Å². The third-order valence-corrected chi connectivity index (χ3v) is 6.52. The molecule has 2 N–H and O–H groups in total. The van der Waals surface area contributed by atoms with Gasteiger partial charge in [0.25, 0.3) is 5.91 Å². The second-order valence-electron chi connectivity index (χ2n) is 8.89. The van der Waals surface area contributed by atoms with E-state index in [2.05, 4.69) is 10.6 Å². The highest BCUT2D eigenvalue weighted by Gasteiger charge is 2.50. The molecule has 0 spiro atoms. The predicted octanol–water partition coefficient (Wildman–Crippen LogP) is 3.37. The van der Waals surface area contributed by atoms with Gasteiger partial charge in [-0.15, -0.1) is 0 Å². The Bertz CT molecular complexity index is 1350. The lowest BCUT2D eigenvalue weighted by Gasteiger charge is -2.29. The van der Waals surface area contributed by atoms with Crippen molar-refractivity contribution in [1.29, 1.82) is 0 Å². The minimum Gasteiger partial charge on any atom is -0.324 e. The van der Waals surface area contributed by atoms with Crippen LogP contribution in [0.2, 0.25) is 0 Å². The molecule has 34 heavy (non-hydrogen) atoms. The van der Waals surface area contributed by atoms with Gasteiger partial charge in [-0.3, -0.25) is 19.3 Å². The average Bonchev–Trinajstić information content (AvgIpc) is 2.95. The molecular weight excluding hydrogens is 432 g/mol. The summed E-state index contributed by atoms with van der Waals surface area (Å²) in [7, 11) is 0. The molecule has 0 saturated carbocycles. The number of carbonyl (C=O) groups excluding carboxylic acids is 4. The molecule has 1 saturated heterocycles. The molecule has 8 heteroatoms. The molecule has 2 atom stereocenters. The monoisotopic (exact) mass is 456 g/mol. The van der Waals surface area contributed by atoms with Crippen LogP contribution in [0.1, 0.15) is 25.8 Å². The molecule has 3 aromatic carbocycles. The van der Waals surface area contributed by atoms with Gasteiger partial charge in [0.1, 0.15) is 12.1 Å². The van der Waals surface area contributed by atoms with Crippen molar-refractivity contribution in [2.24, 2.45) is 0 Å². The van der Waals surface area contributed by atoms with Gasteiger partial charge in [-0.1, -0.05) is 48.5 Å². The minimum atomic E-state index is -1.29. The fourth-order valence-corrected chi connectivity index (χ4v) is 4.72. The first-order valence-electron chi connectivity index (χ1n) is 11.1. The van der Waals surface area contributed by atoms with E-state index in [0.717, 1.165) is 15.7 Å². The van der Waals surface area contributed by atoms with E-state index in [1.165, 1.54) is 4.90 Å². The van der Waals surface area contributed by atoms with Crippen molar-refractivity contribution in [3.05, 3.63) is 72.3 Å². The summed E-state index contributed by atoms with van der Waals surface area (Å²) in [5.41, 5.74) is 0.405. The van der Waals surface area contributed by atoms with Gasteiger partial charge in [0.05, 0.1) is 11.4 Å². The summed E-state index contributed by atoms with van der Waals surface area (Å²) < 4.78 is 0. The molecule has 5 amide bonds. The van der Waals surface area contributed by atoms with Crippen LogP contribution >= 0.6 is 0 Å². The molecule has 2 aliphatic rings. The lowest BCUT2D eigenvalue weighted by atomic mass is 9.90. The van der Waals surface area contributed by atoms with E-state index < -0.39 is 36.0 Å². The molecule has 2 unspecified atom stereocenters. The molecule has 0 aliphatic carbocycles. The van der Waals surface area contributed by atoms with E-state index in [9.17, 15) is 19.2 Å². The highest BCUT2D eigenvalue weighted by atomic mass is 16.2. The molecule has 0 radical (unpaired) electrons. The van der Waals surface area contributed by atoms with Crippen LogP contribution in [0.3, 0.4) is 0 Å². The zero-order valence-corrected chi connectivity index (χ0v) is 18.9. The van der Waals surface area contributed by atoms with E-state index in [-0.39, 0.29) is 12.3 Å². The Labute approximate surface area is 196 Å². The summed E-state index contributed by atoms with van der Waals surface area (Å²) in [5, 5.41) is 7.55. The number of para-hydroxylation sites is 2. The molecule has 0 bridgehead atoms. The standard InChI is InChI=1S/C26H24N4O4/c1-16-13-22(31)27-20-9-5-6-10-21(20)30(16)23(32)15-29-24(33)26(2,28-25(29)34)19-12-11-17-7-3-4-8-18(17)14-19/h3-12,14,16H,13,15H2,1-2H3,(H,27,31)(H,28,34). The normalized spacial score (nSPS) is 22.3. The number of anilines is 2.